The first-order valence-corrected chi connectivity index (χ1v) is 7.77. The van der Waals surface area contributed by atoms with Crippen LogP contribution in [-0.4, -0.2) is 38.8 Å². The van der Waals surface area contributed by atoms with Crippen molar-refractivity contribution in [3.63, 3.8) is 0 Å². The van der Waals surface area contributed by atoms with Gasteiger partial charge in [0.15, 0.2) is 0 Å². The number of aryl methyl sites for hydroxylation is 1. The number of rotatable bonds is 4. The molecule has 112 valence electrons. The topological polar surface area (TPSA) is 95.3 Å². The van der Waals surface area contributed by atoms with Crippen LogP contribution < -0.4 is 5.32 Å². The molecule has 0 saturated carbocycles. The highest BCUT2D eigenvalue weighted by atomic mass is 32.1. The lowest BCUT2D eigenvalue weighted by atomic mass is 9.89. The zero-order chi connectivity index (χ0) is 15.0. The third-order valence-corrected chi connectivity index (χ3v) is 5.05. The molecule has 0 saturated heterocycles. The van der Waals surface area contributed by atoms with E-state index in [2.05, 4.69) is 22.2 Å². The molecule has 1 aliphatic rings. The van der Waals surface area contributed by atoms with Crippen LogP contribution in [0.1, 0.15) is 23.8 Å². The maximum atomic E-state index is 11.1. The summed E-state index contributed by atoms with van der Waals surface area (Å²) in [5, 5.41) is 22.0. The maximum Gasteiger partial charge on any atom is 0.328 e. The van der Waals surface area contributed by atoms with E-state index in [1.165, 1.54) is 16.8 Å². The molecule has 0 aromatic carbocycles. The fourth-order valence-corrected chi connectivity index (χ4v) is 4.09. The Balaban J connectivity index is 2.05. The summed E-state index contributed by atoms with van der Waals surface area (Å²) in [5.41, 5.74) is 1.23. The fourth-order valence-electron chi connectivity index (χ4n) is 2.74. The largest absolute Gasteiger partial charge is 0.480 e. The molecule has 2 unspecified atom stereocenters. The molecule has 0 amide bonds. The number of carboxylic acids is 1. The number of carboxylic acid groups (broad SMARTS) is 1. The number of hydrogen-bond acceptors (Lipinski definition) is 6. The Morgan fingerprint density at radius 1 is 1.57 bits per heavy atom. The second kappa shape index (κ2) is 5.57. The number of fused-ring (bicyclic) bond motifs is 3. The minimum Gasteiger partial charge on any atom is -0.480 e. The van der Waals surface area contributed by atoms with Crippen LogP contribution in [0.4, 0.5) is 5.82 Å². The van der Waals surface area contributed by atoms with E-state index in [9.17, 15) is 4.79 Å². The van der Waals surface area contributed by atoms with Crippen LogP contribution in [0.5, 0.6) is 0 Å². The van der Waals surface area contributed by atoms with Gasteiger partial charge < -0.3 is 15.5 Å². The Labute approximate surface area is 125 Å². The van der Waals surface area contributed by atoms with Crippen molar-refractivity contribution in [1.29, 1.82) is 0 Å². The number of aromatic nitrogens is 2. The maximum absolute atomic E-state index is 11.1. The molecule has 0 aliphatic heterocycles. The van der Waals surface area contributed by atoms with Crippen molar-refractivity contribution < 1.29 is 15.0 Å². The first-order valence-electron chi connectivity index (χ1n) is 6.95. The lowest BCUT2D eigenvalue weighted by Gasteiger charge is -2.19. The Morgan fingerprint density at radius 3 is 3.10 bits per heavy atom. The van der Waals surface area contributed by atoms with Gasteiger partial charge in [0, 0.05) is 4.88 Å². The predicted molar refractivity (Wildman–Crippen MR) is 80.7 cm³/mol. The van der Waals surface area contributed by atoms with Gasteiger partial charge in [-0.05, 0) is 30.7 Å². The van der Waals surface area contributed by atoms with Gasteiger partial charge in [0.1, 0.15) is 23.0 Å². The zero-order valence-corrected chi connectivity index (χ0v) is 12.5. The summed E-state index contributed by atoms with van der Waals surface area (Å²) in [6, 6.07) is -1.05. The molecule has 21 heavy (non-hydrogen) atoms. The fraction of sp³-hybridized carbons (Fsp3) is 0.500. The van der Waals surface area contributed by atoms with Crippen LogP contribution in [0.15, 0.2) is 6.33 Å². The predicted octanol–water partition coefficient (Wildman–Crippen LogP) is 1.67. The molecule has 6 nitrogen and oxygen atoms in total. The van der Waals surface area contributed by atoms with Gasteiger partial charge in [-0.15, -0.1) is 11.3 Å². The zero-order valence-electron chi connectivity index (χ0n) is 11.7. The second-order valence-electron chi connectivity index (χ2n) is 5.47. The Morgan fingerprint density at radius 2 is 2.38 bits per heavy atom. The summed E-state index contributed by atoms with van der Waals surface area (Å²) < 4.78 is 0. The minimum absolute atomic E-state index is 0.482. The first kappa shape index (κ1) is 14.2. The molecule has 1 aliphatic carbocycles. The summed E-state index contributed by atoms with van der Waals surface area (Å²) in [6.07, 6.45) is 4.56. The SMILES string of the molecule is CC1CCc2c(sc3ncnc(NC(CO)C(=O)O)c23)C1. The molecule has 0 spiro atoms. The van der Waals surface area contributed by atoms with Crippen molar-refractivity contribution in [2.75, 3.05) is 11.9 Å². The molecular formula is C14H17N3O3S. The molecule has 7 heteroatoms. The van der Waals surface area contributed by atoms with E-state index in [4.69, 9.17) is 10.2 Å². The highest BCUT2D eigenvalue weighted by molar-refractivity contribution is 7.19. The number of nitrogens with one attached hydrogen (secondary N) is 1. The number of aliphatic carboxylic acids is 1. The van der Waals surface area contributed by atoms with Gasteiger partial charge in [0.05, 0.1) is 12.0 Å². The van der Waals surface area contributed by atoms with Gasteiger partial charge in [0.25, 0.3) is 0 Å². The van der Waals surface area contributed by atoms with Crippen molar-refractivity contribution >= 4 is 33.3 Å². The first-order chi connectivity index (χ1) is 10.1. The number of aliphatic hydroxyl groups is 1. The molecule has 0 bridgehead atoms. The van der Waals surface area contributed by atoms with Gasteiger partial charge in [-0.25, -0.2) is 14.8 Å². The Hall–Kier alpha value is -1.73. The Bertz CT molecular complexity index is 685. The van der Waals surface area contributed by atoms with E-state index in [-0.39, 0.29) is 0 Å². The van der Waals surface area contributed by atoms with E-state index in [0.717, 1.165) is 29.5 Å². The molecule has 2 aromatic rings. The second-order valence-corrected chi connectivity index (χ2v) is 6.56. The lowest BCUT2D eigenvalue weighted by molar-refractivity contribution is -0.138. The van der Waals surface area contributed by atoms with E-state index in [0.29, 0.717) is 11.7 Å². The molecular weight excluding hydrogens is 290 g/mol. The summed E-state index contributed by atoms with van der Waals surface area (Å²) in [6.45, 7) is 1.76. The number of thiophene rings is 1. The van der Waals surface area contributed by atoms with Gasteiger partial charge in [-0.3, -0.25) is 0 Å². The van der Waals surface area contributed by atoms with E-state index < -0.39 is 18.6 Å². The number of carbonyl (C=O) groups is 1. The summed E-state index contributed by atoms with van der Waals surface area (Å²) >= 11 is 1.66. The van der Waals surface area contributed by atoms with Crippen LogP contribution in [0.25, 0.3) is 10.2 Å². The van der Waals surface area contributed by atoms with Crippen LogP contribution in [0.3, 0.4) is 0 Å². The molecule has 2 atom stereocenters. The summed E-state index contributed by atoms with van der Waals surface area (Å²) in [5.74, 6) is 0.0784. The quantitative estimate of drug-likeness (QED) is 0.795. The monoisotopic (exact) mass is 307 g/mol. The van der Waals surface area contributed by atoms with Crippen molar-refractivity contribution in [3.05, 3.63) is 16.8 Å². The summed E-state index contributed by atoms with van der Waals surface area (Å²) in [7, 11) is 0. The smallest absolute Gasteiger partial charge is 0.328 e. The molecule has 2 heterocycles. The van der Waals surface area contributed by atoms with Crippen molar-refractivity contribution in [3.8, 4) is 0 Å². The molecule has 0 radical (unpaired) electrons. The van der Waals surface area contributed by atoms with Crippen molar-refractivity contribution in [1.82, 2.24) is 9.97 Å². The van der Waals surface area contributed by atoms with Crippen LogP contribution in [0.2, 0.25) is 0 Å². The lowest BCUT2D eigenvalue weighted by Crippen LogP contribution is -2.33. The number of nitrogens with zero attached hydrogens (tertiary/aromatic N) is 2. The number of aliphatic hydroxyl groups excluding tert-OH is 1. The van der Waals surface area contributed by atoms with Crippen molar-refractivity contribution in [2.24, 2.45) is 5.92 Å². The summed E-state index contributed by atoms with van der Waals surface area (Å²) in [4.78, 5) is 21.8. The van der Waals surface area contributed by atoms with Crippen molar-refractivity contribution in [2.45, 2.75) is 32.2 Å². The number of hydrogen-bond donors (Lipinski definition) is 3. The highest BCUT2D eigenvalue weighted by Gasteiger charge is 2.25. The van der Waals surface area contributed by atoms with Gasteiger partial charge in [-0.2, -0.15) is 0 Å². The third kappa shape index (κ3) is 2.58. The molecule has 0 fully saturated rings. The third-order valence-electron chi connectivity index (χ3n) is 3.88. The van der Waals surface area contributed by atoms with Crippen LogP contribution in [-0.2, 0) is 17.6 Å². The highest BCUT2D eigenvalue weighted by Crippen LogP contribution is 2.39. The minimum atomic E-state index is -1.10. The van der Waals surface area contributed by atoms with Crippen LogP contribution >= 0.6 is 11.3 Å². The molecule has 3 rings (SSSR count). The molecule has 3 N–H and O–H groups in total. The Kier molecular flexibility index (Phi) is 3.77. The average molecular weight is 307 g/mol. The number of anilines is 1. The van der Waals surface area contributed by atoms with Gasteiger partial charge >= 0.3 is 5.97 Å². The van der Waals surface area contributed by atoms with Gasteiger partial charge in [0.2, 0.25) is 0 Å². The van der Waals surface area contributed by atoms with E-state index in [1.807, 2.05) is 0 Å². The molecule has 2 aromatic heterocycles. The standard InChI is InChI=1S/C14H17N3O3S/c1-7-2-3-8-10(4-7)21-13-11(8)12(15-6-16-13)17-9(5-18)14(19)20/h6-7,9,18H,2-5H2,1H3,(H,19,20)(H,15,16,17). The van der Waals surface area contributed by atoms with E-state index >= 15 is 0 Å². The van der Waals surface area contributed by atoms with E-state index in [1.54, 1.807) is 11.3 Å². The van der Waals surface area contributed by atoms with Crippen LogP contribution in [0, 0.1) is 5.92 Å². The normalized spacial score (nSPS) is 19.2. The van der Waals surface area contributed by atoms with Gasteiger partial charge in [-0.1, -0.05) is 6.92 Å². The average Bonchev–Trinajstić information content (AvgIpc) is 2.82.